The van der Waals surface area contributed by atoms with Crippen LogP contribution in [0.15, 0.2) is 42.7 Å². The Labute approximate surface area is 91.7 Å². The Morgan fingerprint density at radius 2 is 2.06 bits per heavy atom. The van der Waals surface area contributed by atoms with Gasteiger partial charge in [0.2, 0.25) is 0 Å². The van der Waals surface area contributed by atoms with E-state index in [0.717, 1.165) is 0 Å². The van der Waals surface area contributed by atoms with Crippen LogP contribution < -0.4 is 5.73 Å². The van der Waals surface area contributed by atoms with Gasteiger partial charge in [0.1, 0.15) is 0 Å². The average Bonchev–Trinajstić information content (AvgIpc) is 2.33. The van der Waals surface area contributed by atoms with E-state index in [0.29, 0.717) is 5.56 Å². The van der Waals surface area contributed by atoms with Gasteiger partial charge in [-0.3, -0.25) is 9.78 Å². The van der Waals surface area contributed by atoms with Crippen molar-refractivity contribution in [3.8, 4) is 0 Å². The molecule has 0 saturated heterocycles. The zero-order valence-electron chi connectivity index (χ0n) is 8.35. The molecule has 0 aliphatic carbocycles. The number of nitrogen functional groups attached to an aromatic ring is 1. The molecule has 0 radical (unpaired) electrons. The van der Waals surface area contributed by atoms with Crippen molar-refractivity contribution in [1.29, 1.82) is 0 Å². The van der Waals surface area contributed by atoms with Crippen LogP contribution in [0.3, 0.4) is 0 Å². The standard InChI is InChI=1S/C12H9FN2O/c13-11-9(4-1-5-10(11)14)12(16)8-3-2-6-15-7-8/h1-7H,14H2. The summed E-state index contributed by atoms with van der Waals surface area (Å²) >= 11 is 0. The third-order valence-electron chi connectivity index (χ3n) is 2.20. The van der Waals surface area contributed by atoms with Crippen molar-refractivity contribution in [2.75, 3.05) is 5.73 Å². The van der Waals surface area contributed by atoms with Crippen LogP contribution in [0.1, 0.15) is 15.9 Å². The summed E-state index contributed by atoms with van der Waals surface area (Å²) in [7, 11) is 0. The Bertz CT molecular complexity index is 526. The molecule has 0 fully saturated rings. The van der Waals surface area contributed by atoms with Gasteiger partial charge in [-0.05, 0) is 24.3 Å². The number of hydrogen-bond acceptors (Lipinski definition) is 3. The molecule has 1 heterocycles. The maximum absolute atomic E-state index is 13.6. The number of aromatic nitrogens is 1. The highest BCUT2D eigenvalue weighted by atomic mass is 19.1. The Balaban J connectivity index is 2.46. The summed E-state index contributed by atoms with van der Waals surface area (Å²) in [4.78, 5) is 15.7. The average molecular weight is 216 g/mol. The fourth-order valence-electron chi connectivity index (χ4n) is 1.38. The molecule has 1 aromatic heterocycles. The van der Waals surface area contributed by atoms with E-state index in [2.05, 4.69) is 4.98 Å². The molecule has 0 aliphatic heterocycles. The lowest BCUT2D eigenvalue weighted by Gasteiger charge is -2.03. The first-order chi connectivity index (χ1) is 7.70. The molecule has 0 spiro atoms. The van der Waals surface area contributed by atoms with Crippen molar-refractivity contribution in [1.82, 2.24) is 4.98 Å². The summed E-state index contributed by atoms with van der Waals surface area (Å²) in [6.07, 6.45) is 2.94. The third kappa shape index (κ3) is 1.77. The van der Waals surface area contributed by atoms with Crippen LogP contribution in [0, 0.1) is 5.82 Å². The minimum atomic E-state index is -0.684. The van der Waals surface area contributed by atoms with Crippen molar-refractivity contribution >= 4 is 11.5 Å². The number of rotatable bonds is 2. The van der Waals surface area contributed by atoms with Gasteiger partial charge in [0.05, 0.1) is 11.3 Å². The number of carbonyl (C=O) groups is 1. The maximum Gasteiger partial charge on any atom is 0.197 e. The van der Waals surface area contributed by atoms with E-state index in [1.165, 1.54) is 18.3 Å². The van der Waals surface area contributed by atoms with Crippen molar-refractivity contribution in [3.63, 3.8) is 0 Å². The number of ketones is 1. The van der Waals surface area contributed by atoms with E-state index >= 15 is 0 Å². The van der Waals surface area contributed by atoms with Gasteiger partial charge < -0.3 is 5.73 Å². The van der Waals surface area contributed by atoms with E-state index in [4.69, 9.17) is 5.73 Å². The summed E-state index contributed by atoms with van der Waals surface area (Å²) in [6.45, 7) is 0. The third-order valence-corrected chi connectivity index (χ3v) is 2.20. The lowest BCUT2D eigenvalue weighted by Crippen LogP contribution is -2.06. The van der Waals surface area contributed by atoms with E-state index in [-0.39, 0.29) is 11.3 Å². The second-order valence-corrected chi connectivity index (χ2v) is 3.28. The summed E-state index contributed by atoms with van der Waals surface area (Å²) in [5.74, 6) is -1.10. The van der Waals surface area contributed by atoms with Gasteiger partial charge in [0.25, 0.3) is 0 Å². The maximum atomic E-state index is 13.6. The minimum Gasteiger partial charge on any atom is -0.396 e. The van der Waals surface area contributed by atoms with Crippen LogP contribution in [0.4, 0.5) is 10.1 Å². The van der Waals surface area contributed by atoms with Crippen LogP contribution in [0.5, 0.6) is 0 Å². The van der Waals surface area contributed by atoms with Crippen molar-refractivity contribution < 1.29 is 9.18 Å². The molecule has 16 heavy (non-hydrogen) atoms. The van der Waals surface area contributed by atoms with Crippen LogP contribution in [-0.4, -0.2) is 10.8 Å². The smallest absolute Gasteiger partial charge is 0.197 e. The molecule has 2 N–H and O–H groups in total. The molecule has 0 unspecified atom stereocenters. The SMILES string of the molecule is Nc1cccc(C(=O)c2cccnc2)c1F. The predicted molar refractivity (Wildman–Crippen MR) is 58.5 cm³/mol. The van der Waals surface area contributed by atoms with Crippen LogP contribution in [0.2, 0.25) is 0 Å². The molecule has 80 valence electrons. The molecule has 0 bridgehead atoms. The second kappa shape index (κ2) is 4.10. The van der Waals surface area contributed by atoms with Crippen LogP contribution in [-0.2, 0) is 0 Å². The van der Waals surface area contributed by atoms with E-state index in [1.807, 2.05) is 0 Å². The van der Waals surface area contributed by atoms with E-state index < -0.39 is 11.6 Å². The molecule has 0 aliphatic rings. The summed E-state index contributed by atoms with van der Waals surface area (Å²) < 4.78 is 13.6. The molecule has 0 amide bonds. The van der Waals surface area contributed by atoms with Gasteiger partial charge in [-0.25, -0.2) is 4.39 Å². The molecular formula is C12H9FN2O. The van der Waals surface area contributed by atoms with E-state index in [1.54, 1.807) is 24.4 Å². The number of carbonyl (C=O) groups excluding carboxylic acids is 1. The Kier molecular flexibility index (Phi) is 2.64. The molecule has 0 atom stereocenters. The summed E-state index contributed by atoms with van der Waals surface area (Å²) in [5, 5.41) is 0. The van der Waals surface area contributed by atoms with Gasteiger partial charge in [-0.2, -0.15) is 0 Å². The molecular weight excluding hydrogens is 207 g/mol. The lowest BCUT2D eigenvalue weighted by molar-refractivity contribution is 0.103. The molecule has 0 saturated carbocycles. The number of halogens is 1. The predicted octanol–water partition coefficient (Wildman–Crippen LogP) is 2.03. The first-order valence-corrected chi connectivity index (χ1v) is 4.69. The Hall–Kier alpha value is -2.23. The molecule has 2 rings (SSSR count). The Morgan fingerprint density at radius 1 is 1.25 bits per heavy atom. The molecule has 2 aromatic rings. The first kappa shape index (κ1) is 10.3. The van der Waals surface area contributed by atoms with Crippen molar-refractivity contribution in [2.24, 2.45) is 0 Å². The number of nitrogens with two attached hydrogens (primary N) is 1. The zero-order valence-corrected chi connectivity index (χ0v) is 8.35. The largest absolute Gasteiger partial charge is 0.396 e. The monoisotopic (exact) mass is 216 g/mol. The second-order valence-electron chi connectivity index (χ2n) is 3.28. The van der Waals surface area contributed by atoms with Gasteiger partial charge in [0.15, 0.2) is 11.6 Å². The van der Waals surface area contributed by atoms with Gasteiger partial charge in [-0.1, -0.05) is 6.07 Å². The normalized spacial score (nSPS) is 10.1. The highest BCUT2D eigenvalue weighted by Crippen LogP contribution is 2.17. The fourth-order valence-corrected chi connectivity index (χ4v) is 1.38. The van der Waals surface area contributed by atoms with E-state index in [9.17, 15) is 9.18 Å². The Morgan fingerprint density at radius 3 is 2.75 bits per heavy atom. The highest BCUT2D eigenvalue weighted by molar-refractivity contribution is 6.09. The van der Waals surface area contributed by atoms with Crippen molar-refractivity contribution in [3.05, 3.63) is 59.7 Å². The number of pyridine rings is 1. The molecule has 1 aromatic carbocycles. The number of hydrogen-bond donors (Lipinski definition) is 1. The minimum absolute atomic E-state index is 0.0326. The number of anilines is 1. The summed E-state index contributed by atoms with van der Waals surface area (Å²) in [6, 6.07) is 7.56. The first-order valence-electron chi connectivity index (χ1n) is 4.69. The highest BCUT2D eigenvalue weighted by Gasteiger charge is 2.15. The quantitative estimate of drug-likeness (QED) is 0.617. The topological polar surface area (TPSA) is 56.0 Å². The van der Waals surface area contributed by atoms with Gasteiger partial charge >= 0.3 is 0 Å². The zero-order chi connectivity index (χ0) is 11.5. The van der Waals surface area contributed by atoms with Gasteiger partial charge in [-0.15, -0.1) is 0 Å². The van der Waals surface area contributed by atoms with Crippen LogP contribution >= 0.6 is 0 Å². The number of benzene rings is 1. The molecule has 4 heteroatoms. The van der Waals surface area contributed by atoms with Gasteiger partial charge in [0, 0.05) is 18.0 Å². The van der Waals surface area contributed by atoms with Crippen LogP contribution in [0.25, 0.3) is 0 Å². The summed E-state index contributed by atoms with van der Waals surface area (Å²) in [5.41, 5.74) is 5.67. The fraction of sp³-hybridized carbons (Fsp3) is 0. The number of nitrogens with zero attached hydrogens (tertiary/aromatic N) is 1. The molecule has 3 nitrogen and oxygen atoms in total. The van der Waals surface area contributed by atoms with Crippen molar-refractivity contribution in [2.45, 2.75) is 0 Å². The lowest BCUT2D eigenvalue weighted by atomic mass is 10.0.